The molecule has 2 N–H and O–H groups in total. The molecule has 1 rings (SSSR count). The van der Waals surface area contributed by atoms with Gasteiger partial charge in [0.15, 0.2) is 0 Å². The molecule has 1 atom stereocenters. The van der Waals surface area contributed by atoms with Gasteiger partial charge in [0.2, 0.25) is 5.91 Å². The third kappa shape index (κ3) is 5.36. The number of hydrogen-bond donors (Lipinski definition) is 2. The zero-order chi connectivity index (χ0) is 15.0. The molecule has 0 aliphatic rings. The van der Waals surface area contributed by atoms with Crippen LogP contribution < -0.4 is 5.32 Å². The summed E-state index contributed by atoms with van der Waals surface area (Å²) in [6, 6.07) is 5.82. The SMILES string of the molecule is CCC(C(=O)NCCOCC(=O)O)c1ccc(F)cc1. The Morgan fingerprint density at radius 1 is 1.35 bits per heavy atom. The number of carboxylic acids is 1. The van der Waals surface area contributed by atoms with Crippen molar-refractivity contribution in [2.75, 3.05) is 19.8 Å². The van der Waals surface area contributed by atoms with E-state index >= 15 is 0 Å². The lowest BCUT2D eigenvalue weighted by Gasteiger charge is -2.15. The zero-order valence-electron chi connectivity index (χ0n) is 11.3. The topological polar surface area (TPSA) is 75.6 Å². The molecule has 20 heavy (non-hydrogen) atoms. The van der Waals surface area contributed by atoms with Crippen LogP contribution >= 0.6 is 0 Å². The first-order chi connectivity index (χ1) is 9.54. The summed E-state index contributed by atoms with van der Waals surface area (Å²) in [5.74, 6) is -1.92. The number of rotatable bonds is 8. The first-order valence-electron chi connectivity index (χ1n) is 6.37. The predicted octanol–water partition coefficient (Wildman–Crippen LogP) is 1.54. The van der Waals surface area contributed by atoms with Crippen molar-refractivity contribution in [1.82, 2.24) is 5.32 Å². The number of halogens is 1. The Kier molecular flexibility index (Phi) is 6.66. The van der Waals surface area contributed by atoms with Gasteiger partial charge >= 0.3 is 5.97 Å². The van der Waals surface area contributed by atoms with Crippen LogP contribution in [0.2, 0.25) is 0 Å². The van der Waals surface area contributed by atoms with Gasteiger partial charge in [0.25, 0.3) is 0 Å². The van der Waals surface area contributed by atoms with E-state index in [0.717, 1.165) is 5.56 Å². The molecule has 0 aliphatic carbocycles. The van der Waals surface area contributed by atoms with Gasteiger partial charge in [-0.2, -0.15) is 0 Å². The average Bonchev–Trinajstić information content (AvgIpc) is 2.41. The molecule has 1 unspecified atom stereocenters. The van der Waals surface area contributed by atoms with Gasteiger partial charge in [0.05, 0.1) is 12.5 Å². The third-order valence-electron chi connectivity index (χ3n) is 2.77. The number of hydrogen-bond acceptors (Lipinski definition) is 3. The summed E-state index contributed by atoms with van der Waals surface area (Å²) in [6.45, 7) is 1.86. The van der Waals surface area contributed by atoms with Gasteiger partial charge < -0.3 is 15.2 Å². The summed E-state index contributed by atoms with van der Waals surface area (Å²) in [4.78, 5) is 22.2. The molecule has 0 aliphatic heterocycles. The lowest BCUT2D eigenvalue weighted by Crippen LogP contribution is -2.32. The molecular weight excluding hydrogens is 265 g/mol. The Labute approximate surface area is 116 Å². The van der Waals surface area contributed by atoms with Gasteiger partial charge in [-0.3, -0.25) is 4.79 Å². The van der Waals surface area contributed by atoms with Crippen molar-refractivity contribution < 1.29 is 23.8 Å². The molecule has 1 amide bonds. The standard InChI is InChI=1S/C14H18FNO4/c1-2-12(10-3-5-11(15)6-4-10)14(19)16-7-8-20-9-13(17)18/h3-6,12H,2,7-9H2,1H3,(H,16,19)(H,17,18). The van der Waals surface area contributed by atoms with Crippen molar-refractivity contribution in [3.8, 4) is 0 Å². The van der Waals surface area contributed by atoms with Crippen LogP contribution in [0.5, 0.6) is 0 Å². The summed E-state index contributed by atoms with van der Waals surface area (Å²) >= 11 is 0. The molecule has 0 saturated heterocycles. The van der Waals surface area contributed by atoms with Gasteiger partial charge in [-0.25, -0.2) is 9.18 Å². The monoisotopic (exact) mass is 283 g/mol. The maximum Gasteiger partial charge on any atom is 0.329 e. The van der Waals surface area contributed by atoms with Gasteiger partial charge in [-0.15, -0.1) is 0 Å². The highest BCUT2D eigenvalue weighted by molar-refractivity contribution is 5.83. The highest BCUT2D eigenvalue weighted by Crippen LogP contribution is 2.19. The molecule has 0 spiro atoms. The number of carboxylic acid groups (broad SMARTS) is 1. The number of aliphatic carboxylic acids is 1. The summed E-state index contributed by atoms with van der Waals surface area (Å²) in [5, 5.41) is 11.0. The second-order valence-electron chi connectivity index (χ2n) is 4.25. The van der Waals surface area contributed by atoms with Crippen molar-refractivity contribution >= 4 is 11.9 Å². The van der Waals surface area contributed by atoms with Gasteiger partial charge in [0.1, 0.15) is 12.4 Å². The molecular formula is C14H18FNO4. The van der Waals surface area contributed by atoms with E-state index in [1.807, 2.05) is 6.92 Å². The molecule has 0 bridgehead atoms. The van der Waals surface area contributed by atoms with E-state index in [9.17, 15) is 14.0 Å². The van der Waals surface area contributed by atoms with Crippen molar-refractivity contribution in [1.29, 1.82) is 0 Å². The van der Waals surface area contributed by atoms with Gasteiger partial charge in [-0.05, 0) is 24.1 Å². The summed E-state index contributed by atoms with van der Waals surface area (Å²) in [6.07, 6.45) is 0.591. The van der Waals surface area contributed by atoms with Crippen molar-refractivity contribution in [3.05, 3.63) is 35.6 Å². The Bertz CT molecular complexity index is 447. The van der Waals surface area contributed by atoms with E-state index in [1.54, 1.807) is 12.1 Å². The van der Waals surface area contributed by atoms with Crippen LogP contribution in [0.4, 0.5) is 4.39 Å². The van der Waals surface area contributed by atoms with Crippen LogP contribution in [0.25, 0.3) is 0 Å². The zero-order valence-corrected chi connectivity index (χ0v) is 11.3. The number of amides is 1. The fourth-order valence-electron chi connectivity index (χ4n) is 1.80. The maximum absolute atomic E-state index is 12.8. The lowest BCUT2D eigenvalue weighted by atomic mass is 9.95. The smallest absolute Gasteiger partial charge is 0.329 e. The highest BCUT2D eigenvalue weighted by atomic mass is 19.1. The molecule has 0 heterocycles. The Hall–Kier alpha value is -1.95. The molecule has 5 nitrogen and oxygen atoms in total. The van der Waals surface area contributed by atoms with E-state index in [2.05, 4.69) is 5.32 Å². The number of carbonyl (C=O) groups is 2. The first-order valence-corrected chi connectivity index (χ1v) is 6.37. The summed E-state index contributed by atoms with van der Waals surface area (Å²) in [7, 11) is 0. The minimum atomic E-state index is -1.05. The highest BCUT2D eigenvalue weighted by Gasteiger charge is 2.18. The van der Waals surface area contributed by atoms with Gasteiger partial charge in [-0.1, -0.05) is 19.1 Å². The molecule has 0 aromatic heterocycles. The average molecular weight is 283 g/mol. The van der Waals surface area contributed by atoms with Gasteiger partial charge in [0, 0.05) is 6.54 Å². The number of ether oxygens (including phenoxy) is 1. The third-order valence-corrected chi connectivity index (χ3v) is 2.77. The van der Waals surface area contributed by atoms with E-state index in [-0.39, 0.29) is 37.4 Å². The normalized spacial score (nSPS) is 11.9. The second kappa shape index (κ2) is 8.27. The fourth-order valence-corrected chi connectivity index (χ4v) is 1.80. The van der Waals surface area contributed by atoms with Crippen molar-refractivity contribution in [2.24, 2.45) is 0 Å². The van der Waals surface area contributed by atoms with Crippen LogP contribution in [0.1, 0.15) is 24.8 Å². The molecule has 6 heteroatoms. The van der Waals surface area contributed by atoms with E-state index < -0.39 is 5.97 Å². The minimum Gasteiger partial charge on any atom is -0.480 e. The number of nitrogens with one attached hydrogen (secondary N) is 1. The van der Waals surface area contributed by atoms with Crippen molar-refractivity contribution in [3.63, 3.8) is 0 Å². The fraction of sp³-hybridized carbons (Fsp3) is 0.429. The summed E-state index contributed by atoms with van der Waals surface area (Å²) in [5.41, 5.74) is 0.748. The molecule has 0 saturated carbocycles. The Morgan fingerprint density at radius 2 is 2.00 bits per heavy atom. The van der Waals surface area contributed by atoms with Crippen LogP contribution in [0, 0.1) is 5.82 Å². The first kappa shape index (κ1) is 16.1. The van der Waals surface area contributed by atoms with E-state index in [1.165, 1.54) is 12.1 Å². The molecule has 0 fully saturated rings. The largest absolute Gasteiger partial charge is 0.480 e. The minimum absolute atomic E-state index is 0.137. The quantitative estimate of drug-likeness (QED) is 0.710. The van der Waals surface area contributed by atoms with Crippen LogP contribution in [0.3, 0.4) is 0 Å². The molecule has 0 radical (unpaired) electrons. The number of carbonyl (C=O) groups excluding carboxylic acids is 1. The van der Waals surface area contributed by atoms with Crippen LogP contribution in [0.15, 0.2) is 24.3 Å². The Morgan fingerprint density at radius 3 is 2.55 bits per heavy atom. The molecule has 1 aromatic carbocycles. The number of benzene rings is 1. The predicted molar refractivity (Wildman–Crippen MR) is 70.9 cm³/mol. The molecule has 110 valence electrons. The lowest BCUT2D eigenvalue weighted by molar-refractivity contribution is -0.142. The summed E-state index contributed by atoms with van der Waals surface area (Å²) < 4.78 is 17.7. The Balaban J connectivity index is 2.43. The maximum atomic E-state index is 12.8. The van der Waals surface area contributed by atoms with Crippen LogP contribution in [-0.4, -0.2) is 36.7 Å². The second-order valence-corrected chi connectivity index (χ2v) is 4.25. The molecule has 1 aromatic rings. The van der Waals surface area contributed by atoms with E-state index in [0.29, 0.717) is 6.42 Å². The van der Waals surface area contributed by atoms with Crippen molar-refractivity contribution in [2.45, 2.75) is 19.3 Å². The van der Waals surface area contributed by atoms with Crippen LogP contribution in [-0.2, 0) is 14.3 Å². The van der Waals surface area contributed by atoms with E-state index in [4.69, 9.17) is 9.84 Å².